The van der Waals surface area contributed by atoms with Crippen molar-refractivity contribution in [3.63, 3.8) is 0 Å². The van der Waals surface area contributed by atoms with Gasteiger partial charge in [0.05, 0.1) is 0 Å². The fourth-order valence-corrected chi connectivity index (χ4v) is 0.241. The molecule has 0 bridgehead atoms. The van der Waals surface area contributed by atoms with E-state index >= 15 is 0 Å². The minimum Gasteiger partial charge on any atom is -0.673 e. The first-order chi connectivity index (χ1) is 5.91. The van der Waals surface area contributed by atoms with E-state index in [0.29, 0.717) is 0 Å². The summed E-state index contributed by atoms with van der Waals surface area (Å²) < 4.78 is 0. The van der Waals surface area contributed by atoms with Crippen molar-refractivity contribution in [2.45, 2.75) is 39.4 Å². The van der Waals surface area contributed by atoms with Crippen molar-refractivity contribution >= 4 is 9.52 Å². The van der Waals surface area contributed by atoms with E-state index in [1.807, 2.05) is 33.0 Å². The second-order valence-electron chi connectivity index (χ2n) is 3.64. The quantitative estimate of drug-likeness (QED) is 0.547. The zero-order valence-electron chi connectivity index (χ0n) is 11.8. The van der Waals surface area contributed by atoms with E-state index in [4.69, 9.17) is 5.73 Å². The Hall–Kier alpha value is 0.171. The minimum absolute atomic E-state index is 0. The second kappa shape index (κ2) is 20.6. The number of nitrogens with one attached hydrogen (secondary N) is 2. The maximum atomic E-state index is 6.94. The molecule has 2 N–H and O–H groups in total. The molecule has 0 atom stereocenters. The first kappa shape index (κ1) is 29.8. The van der Waals surface area contributed by atoms with Gasteiger partial charge in [-0.3, -0.25) is 0 Å². The van der Waals surface area contributed by atoms with Crippen LogP contribution in [0.5, 0.6) is 0 Å². The molecule has 0 spiro atoms. The molecule has 93 valence electrons. The van der Waals surface area contributed by atoms with Crippen LogP contribution in [0.15, 0.2) is 18.5 Å². The topological polar surface area (TPSA) is 39.6 Å². The molecule has 1 aromatic rings. The van der Waals surface area contributed by atoms with Crippen LogP contribution in [0, 0.1) is 20.9 Å². The summed E-state index contributed by atoms with van der Waals surface area (Å²) in [6.45, 7) is 9.98. The van der Waals surface area contributed by atoms with Crippen LogP contribution in [0.2, 0.25) is 13.1 Å². The van der Waals surface area contributed by atoms with Gasteiger partial charge in [0.15, 0.2) is 0 Å². The number of rotatable bonds is 0. The molecule has 1 radical (unpaired) electrons. The van der Waals surface area contributed by atoms with E-state index in [-0.39, 0.29) is 42.1 Å². The molecule has 1 heterocycles. The number of aromatic nitrogens is 1. The summed E-state index contributed by atoms with van der Waals surface area (Å²) in [5.41, 5.74) is 6.69. The third-order valence-electron chi connectivity index (χ3n) is 0.442. The standard InChI is InChI=1S/C4H4N.C4H10N.C2H7Si.2CH3.Ti/c1-2-4-5-3-1;1-4(2,3)5;1-3-2;;;/h1,3-5H;5H,1-3H3;3H,1-2H3;2*1H3;/q2*-1;;2*-1;+4. The predicted octanol–water partition coefficient (Wildman–Crippen LogP) is 4.07. The Morgan fingerprint density at radius 2 is 1.50 bits per heavy atom. The molecule has 0 fully saturated rings. The summed E-state index contributed by atoms with van der Waals surface area (Å²) in [7, 11) is 0.750. The fraction of sp³-hybridized carbons (Fsp3) is 0.500. The van der Waals surface area contributed by atoms with Crippen molar-refractivity contribution in [1.29, 1.82) is 0 Å². The molecular formula is C12H27N2SiTi. The molecule has 0 aliphatic rings. The molecular weight excluding hydrogens is 248 g/mol. The van der Waals surface area contributed by atoms with Crippen LogP contribution < -0.4 is 0 Å². The van der Waals surface area contributed by atoms with E-state index < -0.39 is 0 Å². The van der Waals surface area contributed by atoms with Gasteiger partial charge < -0.3 is 25.6 Å². The van der Waals surface area contributed by atoms with Gasteiger partial charge in [0.1, 0.15) is 0 Å². The molecule has 0 aliphatic heterocycles. The van der Waals surface area contributed by atoms with Gasteiger partial charge in [-0.25, -0.2) is 12.1 Å². The van der Waals surface area contributed by atoms with Crippen molar-refractivity contribution in [1.82, 2.24) is 4.98 Å². The van der Waals surface area contributed by atoms with E-state index in [2.05, 4.69) is 24.1 Å². The van der Waals surface area contributed by atoms with Gasteiger partial charge in [-0.05, 0) is 0 Å². The van der Waals surface area contributed by atoms with Crippen LogP contribution in [-0.4, -0.2) is 20.0 Å². The normalized spacial score (nSPS) is 7.38. The third-order valence-corrected chi connectivity index (χ3v) is 0.442. The van der Waals surface area contributed by atoms with Crippen molar-refractivity contribution in [2.75, 3.05) is 0 Å². The largest absolute Gasteiger partial charge is 4.00 e. The Morgan fingerprint density at radius 3 is 1.56 bits per heavy atom. The van der Waals surface area contributed by atoms with E-state index in [1.54, 1.807) is 6.20 Å². The Balaban J connectivity index is -0.0000000356. The SMILES string of the molecule is CC(C)(C)[NH-].C[SiH]C.[CH3-].[CH3-].[Ti+4].[c-]1cc[nH]c1. The van der Waals surface area contributed by atoms with Crippen LogP contribution in [0.4, 0.5) is 0 Å². The first-order valence-corrected chi connectivity index (χ1v) is 6.70. The van der Waals surface area contributed by atoms with Crippen LogP contribution >= 0.6 is 0 Å². The molecule has 1 aromatic heterocycles. The summed E-state index contributed by atoms with van der Waals surface area (Å²) in [6.07, 6.45) is 3.57. The Morgan fingerprint density at radius 1 is 1.19 bits per heavy atom. The maximum Gasteiger partial charge on any atom is 4.00 e. The van der Waals surface area contributed by atoms with Crippen LogP contribution in [0.25, 0.3) is 5.73 Å². The van der Waals surface area contributed by atoms with Crippen molar-refractivity contribution in [3.05, 3.63) is 45.1 Å². The number of H-pyrrole nitrogens is 1. The van der Waals surface area contributed by atoms with Crippen LogP contribution in [0.3, 0.4) is 0 Å². The van der Waals surface area contributed by atoms with E-state index in [1.165, 1.54) is 0 Å². The Kier molecular flexibility index (Phi) is 38.3. The second-order valence-corrected chi connectivity index (χ2v) is 4.79. The maximum absolute atomic E-state index is 6.94. The molecule has 0 unspecified atom stereocenters. The summed E-state index contributed by atoms with van der Waals surface area (Å²) >= 11 is 0. The Labute approximate surface area is 121 Å². The van der Waals surface area contributed by atoms with Crippen LogP contribution in [0.1, 0.15) is 20.8 Å². The summed E-state index contributed by atoms with van der Waals surface area (Å²) in [5, 5.41) is 0. The first-order valence-electron chi connectivity index (χ1n) is 4.39. The minimum atomic E-state index is -0.250. The molecule has 0 amide bonds. The predicted molar refractivity (Wildman–Crippen MR) is 75.4 cm³/mol. The Bertz CT molecular complexity index is 137. The van der Waals surface area contributed by atoms with Gasteiger partial charge >= 0.3 is 21.7 Å². The van der Waals surface area contributed by atoms with Gasteiger partial charge in [-0.1, -0.05) is 33.9 Å². The monoisotopic (exact) mass is 275 g/mol. The van der Waals surface area contributed by atoms with Crippen LogP contribution in [-0.2, 0) is 21.7 Å². The number of hydrogen-bond donors (Lipinski definition) is 1. The van der Waals surface area contributed by atoms with Crippen molar-refractivity contribution in [2.24, 2.45) is 0 Å². The molecule has 2 nitrogen and oxygen atoms in total. The smallest absolute Gasteiger partial charge is 0.673 e. The van der Waals surface area contributed by atoms with Gasteiger partial charge in [-0.2, -0.15) is 0 Å². The fourth-order valence-electron chi connectivity index (χ4n) is 0.241. The number of aromatic amines is 1. The molecule has 16 heavy (non-hydrogen) atoms. The molecule has 0 aromatic carbocycles. The van der Waals surface area contributed by atoms with Gasteiger partial charge in [0, 0.05) is 9.52 Å². The average molecular weight is 275 g/mol. The molecule has 0 aliphatic carbocycles. The van der Waals surface area contributed by atoms with Gasteiger partial charge in [0.2, 0.25) is 0 Å². The zero-order chi connectivity index (χ0) is 10.7. The number of hydrogen-bond acceptors (Lipinski definition) is 0. The molecule has 0 saturated carbocycles. The molecule has 0 saturated heterocycles. The van der Waals surface area contributed by atoms with Gasteiger partial charge in [0.25, 0.3) is 0 Å². The van der Waals surface area contributed by atoms with Crippen molar-refractivity contribution in [3.8, 4) is 0 Å². The van der Waals surface area contributed by atoms with E-state index in [0.717, 1.165) is 9.52 Å². The summed E-state index contributed by atoms with van der Waals surface area (Å²) in [6, 6.07) is 4.62. The summed E-state index contributed by atoms with van der Waals surface area (Å²) in [4.78, 5) is 2.81. The van der Waals surface area contributed by atoms with Crippen molar-refractivity contribution < 1.29 is 21.7 Å². The van der Waals surface area contributed by atoms with Gasteiger partial charge in [-0.15, -0.1) is 17.9 Å². The average Bonchev–Trinajstić information content (AvgIpc) is 2.36. The van der Waals surface area contributed by atoms with E-state index in [9.17, 15) is 0 Å². The third kappa shape index (κ3) is 91.9. The zero-order valence-corrected chi connectivity index (χ0v) is 14.5. The molecule has 4 heteroatoms. The summed E-state index contributed by atoms with van der Waals surface area (Å²) in [5.74, 6) is 0. The molecule has 1 rings (SSSR count).